The van der Waals surface area contributed by atoms with Crippen LogP contribution in [-0.4, -0.2) is 35.8 Å². The molecular weight excluding hydrogens is 332 g/mol. The molecular formula is C16H21BrN2O2. The number of amides is 2. The average Bonchev–Trinajstić information content (AvgIpc) is 2.97. The first-order valence-electron chi connectivity index (χ1n) is 7.34. The Morgan fingerprint density at radius 2 is 1.90 bits per heavy atom. The number of hydrogen-bond donors (Lipinski definition) is 1. The Balaban J connectivity index is 2.09. The second kappa shape index (κ2) is 7.07. The minimum Gasteiger partial charge on any atom is -0.341 e. The molecule has 1 aliphatic heterocycles. The number of nitrogens with zero attached hydrogens (tertiary/aromatic N) is 1. The maximum Gasteiger partial charge on any atom is 0.251 e. The summed E-state index contributed by atoms with van der Waals surface area (Å²) in [5.74, 6) is -0.109. The van der Waals surface area contributed by atoms with Gasteiger partial charge in [0.05, 0.1) is 0 Å². The molecule has 21 heavy (non-hydrogen) atoms. The van der Waals surface area contributed by atoms with Crippen molar-refractivity contribution in [2.24, 2.45) is 5.92 Å². The molecule has 0 radical (unpaired) electrons. The molecule has 2 amide bonds. The van der Waals surface area contributed by atoms with Crippen LogP contribution in [0.1, 0.15) is 37.0 Å². The van der Waals surface area contributed by atoms with E-state index in [0.717, 1.165) is 30.4 Å². The van der Waals surface area contributed by atoms with Gasteiger partial charge < -0.3 is 10.2 Å². The van der Waals surface area contributed by atoms with Crippen molar-refractivity contribution < 1.29 is 9.59 Å². The van der Waals surface area contributed by atoms with E-state index in [2.05, 4.69) is 21.2 Å². The van der Waals surface area contributed by atoms with Crippen molar-refractivity contribution >= 4 is 27.7 Å². The first-order chi connectivity index (χ1) is 9.99. The number of halogens is 1. The van der Waals surface area contributed by atoms with Crippen LogP contribution in [-0.2, 0) is 4.79 Å². The predicted octanol–water partition coefficient (Wildman–Crippen LogP) is 2.83. The van der Waals surface area contributed by atoms with E-state index in [9.17, 15) is 9.59 Å². The summed E-state index contributed by atoms with van der Waals surface area (Å²) in [5, 5.41) is 2.89. The van der Waals surface area contributed by atoms with Crippen LogP contribution in [0.25, 0.3) is 0 Å². The Kier molecular flexibility index (Phi) is 5.39. The Morgan fingerprint density at radius 1 is 1.24 bits per heavy atom. The van der Waals surface area contributed by atoms with E-state index >= 15 is 0 Å². The second-order valence-corrected chi connectivity index (χ2v) is 6.65. The summed E-state index contributed by atoms with van der Waals surface area (Å²) in [5.41, 5.74) is 0.559. The highest BCUT2D eigenvalue weighted by Crippen LogP contribution is 2.15. The average molecular weight is 353 g/mol. The molecule has 1 saturated heterocycles. The lowest BCUT2D eigenvalue weighted by atomic mass is 10.0. The van der Waals surface area contributed by atoms with Crippen molar-refractivity contribution in [2.75, 3.05) is 13.1 Å². The molecule has 114 valence electrons. The normalized spacial score (nSPS) is 16.1. The summed E-state index contributed by atoms with van der Waals surface area (Å²) < 4.78 is 0.849. The molecule has 0 bridgehead atoms. The summed E-state index contributed by atoms with van der Waals surface area (Å²) in [4.78, 5) is 26.7. The largest absolute Gasteiger partial charge is 0.341 e. The number of carbonyl (C=O) groups excluding carboxylic acids is 2. The standard InChI is InChI=1S/C16H21BrN2O2/c1-11(2)14(16(21)19-8-3-4-9-19)18-15(20)12-6-5-7-13(17)10-12/h5-7,10-11,14H,3-4,8-9H2,1-2H3,(H,18,20)/t14-/m1/s1. The summed E-state index contributed by atoms with van der Waals surface area (Å²) >= 11 is 3.35. The zero-order valence-corrected chi connectivity index (χ0v) is 14.0. The fourth-order valence-corrected chi connectivity index (χ4v) is 2.90. The third-order valence-electron chi connectivity index (χ3n) is 3.72. The van der Waals surface area contributed by atoms with Gasteiger partial charge in [0.25, 0.3) is 5.91 Å². The van der Waals surface area contributed by atoms with Crippen molar-refractivity contribution in [1.82, 2.24) is 10.2 Å². The smallest absolute Gasteiger partial charge is 0.251 e. The Bertz CT molecular complexity index is 525. The first kappa shape index (κ1) is 16.0. The van der Waals surface area contributed by atoms with Gasteiger partial charge in [-0.15, -0.1) is 0 Å². The minimum absolute atomic E-state index is 0.0332. The summed E-state index contributed by atoms with van der Waals surface area (Å²) in [7, 11) is 0. The number of hydrogen-bond acceptors (Lipinski definition) is 2. The Hall–Kier alpha value is -1.36. The van der Waals surface area contributed by atoms with E-state index in [4.69, 9.17) is 0 Å². The highest BCUT2D eigenvalue weighted by Gasteiger charge is 2.30. The van der Waals surface area contributed by atoms with Crippen LogP contribution in [0.2, 0.25) is 0 Å². The van der Waals surface area contributed by atoms with Gasteiger partial charge in [-0.25, -0.2) is 0 Å². The van der Waals surface area contributed by atoms with Gasteiger partial charge in [-0.05, 0) is 37.0 Å². The molecule has 2 rings (SSSR count). The highest BCUT2D eigenvalue weighted by atomic mass is 79.9. The number of benzene rings is 1. The van der Waals surface area contributed by atoms with Crippen LogP contribution < -0.4 is 5.32 Å². The van der Waals surface area contributed by atoms with Gasteiger partial charge in [0.1, 0.15) is 6.04 Å². The first-order valence-corrected chi connectivity index (χ1v) is 8.13. The van der Waals surface area contributed by atoms with Crippen molar-refractivity contribution in [1.29, 1.82) is 0 Å². The summed E-state index contributed by atoms with van der Waals surface area (Å²) in [6.07, 6.45) is 2.10. The molecule has 1 aromatic carbocycles. The molecule has 0 aliphatic carbocycles. The fraction of sp³-hybridized carbons (Fsp3) is 0.500. The van der Waals surface area contributed by atoms with Gasteiger partial charge in [0.15, 0.2) is 0 Å². The molecule has 0 aromatic heterocycles. The molecule has 0 saturated carbocycles. The summed E-state index contributed by atoms with van der Waals surface area (Å²) in [6, 6.07) is 6.72. The number of nitrogens with one attached hydrogen (secondary N) is 1. The van der Waals surface area contributed by atoms with Gasteiger partial charge in [0, 0.05) is 23.1 Å². The van der Waals surface area contributed by atoms with E-state index in [0.29, 0.717) is 5.56 Å². The number of carbonyl (C=O) groups is 2. The minimum atomic E-state index is -0.463. The quantitative estimate of drug-likeness (QED) is 0.905. The molecule has 1 N–H and O–H groups in total. The van der Waals surface area contributed by atoms with Crippen molar-refractivity contribution in [3.8, 4) is 0 Å². The maximum atomic E-state index is 12.5. The molecule has 1 atom stereocenters. The summed E-state index contributed by atoms with van der Waals surface area (Å²) in [6.45, 7) is 5.52. The van der Waals surface area contributed by atoms with Crippen LogP contribution >= 0.6 is 15.9 Å². The predicted molar refractivity (Wildman–Crippen MR) is 86.0 cm³/mol. The number of rotatable bonds is 4. The zero-order chi connectivity index (χ0) is 15.4. The SMILES string of the molecule is CC(C)[C@@H](NC(=O)c1cccc(Br)c1)C(=O)N1CCCC1. The molecule has 1 aromatic rings. The topological polar surface area (TPSA) is 49.4 Å². The van der Waals surface area contributed by atoms with E-state index in [1.807, 2.05) is 30.9 Å². The van der Waals surface area contributed by atoms with Crippen molar-refractivity contribution in [3.05, 3.63) is 34.3 Å². The highest BCUT2D eigenvalue weighted by molar-refractivity contribution is 9.10. The zero-order valence-electron chi connectivity index (χ0n) is 12.4. The van der Waals surface area contributed by atoms with Gasteiger partial charge in [-0.3, -0.25) is 9.59 Å². The van der Waals surface area contributed by atoms with E-state index in [1.54, 1.807) is 12.1 Å². The molecule has 1 aliphatic rings. The lowest BCUT2D eigenvalue weighted by molar-refractivity contribution is -0.133. The maximum absolute atomic E-state index is 12.5. The third-order valence-corrected chi connectivity index (χ3v) is 4.22. The van der Waals surface area contributed by atoms with Gasteiger partial charge >= 0.3 is 0 Å². The fourth-order valence-electron chi connectivity index (χ4n) is 2.50. The molecule has 5 heteroatoms. The molecule has 1 fully saturated rings. The van der Waals surface area contributed by atoms with Gasteiger partial charge in [-0.1, -0.05) is 35.8 Å². The van der Waals surface area contributed by atoms with E-state index in [-0.39, 0.29) is 17.7 Å². The molecule has 0 spiro atoms. The molecule has 4 nitrogen and oxygen atoms in total. The van der Waals surface area contributed by atoms with Gasteiger partial charge in [0.2, 0.25) is 5.91 Å². The van der Waals surface area contributed by atoms with Crippen LogP contribution in [0.3, 0.4) is 0 Å². The van der Waals surface area contributed by atoms with Crippen LogP contribution in [0, 0.1) is 5.92 Å². The Labute approximate surface area is 134 Å². The number of likely N-dealkylation sites (tertiary alicyclic amines) is 1. The van der Waals surface area contributed by atoms with Crippen LogP contribution in [0.5, 0.6) is 0 Å². The van der Waals surface area contributed by atoms with Crippen LogP contribution in [0.4, 0.5) is 0 Å². The molecule has 0 unspecified atom stereocenters. The third kappa shape index (κ3) is 4.06. The Morgan fingerprint density at radius 3 is 2.48 bits per heavy atom. The van der Waals surface area contributed by atoms with E-state index in [1.165, 1.54) is 0 Å². The lowest BCUT2D eigenvalue weighted by Crippen LogP contribution is -2.50. The lowest BCUT2D eigenvalue weighted by Gasteiger charge is -2.26. The molecule has 1 heterocycles. The van der Waals surface area contributed by atoms with E-state index < -0.39 is 6.04 Å². The van der Waals surface area contributed by atoms with Gasteiger partial charge in [-0.2, -0.15) is 0 Å². The second-order valence-electron chi connectivity index (χ2n) is 5.74. The van der Waals surface area contributed by atoms with Crippen LogP contribution in [0.15, 0.2) is 28.7 Å². The van der Waals surface area contributed by atoms with Crippen molar-refractivity contribution in [3.63, 3.8) is 0 Å². The monoisotopic (exact) mass is 352 g/mol. The van der Waals surface area contributed by atoms with Crippen molar-refractivity contribution in [2.45, 2.75) is 32.7 Å².